The fourth-order valence-corrected chi connectivity index (χ4v) is 4.04. The zero-order chi connectivity index (χ0) is 17.4. The zero-order valence-corrected chi connectivity index (χ0v) is 13.9. The van der Waals surface area contributed by atoms with Crippen molar-refractivity contribution < 1.29 is 13.6 Å². The molecular weight excluding hydrogens is 322 g/mol. The smallest absolute Gasteiger partial charge is 0.228 e. The summed E-state index contributed by atoms with van der Waals surface area (Å²) >= 11 is 0. The molecule has 0 saturated carbocycles. The molecule has 5 heteroatoms. The molecule has 2 aromatic rings. The molecule has 2 heterocycles. The summed E-state index contributed by atoms with van der Waals surface area (Å²) in [5.74, 6) is -1.56. The maximum atomic E-state index is 13.9. The van der Waals surface area contributed by atoms with Crippen molar-refractivity contribution in [3.05, 3.63) is 70.8 Å². The number of amides is 1. The van der Waals surface area contributed by atoms with Crippen molar-refractivity contribution in [2.45, 2.75) is 25.9 Å². The Morgan fingerprint density at radius 1 is 1.08 bits per heavy atom. The molecule has 2 aliphatic rings. The Labute approximate surface area is 145 Å². The molecule has 1 N–H and O–H groups in total. The number of hydrogen-bond acceptors (Lipinski definition) is 2. The summed E-state index contributed by atoms with van der Waals surface area (Å²) in [6.07, 6.45) is 1.42. The number of rotatable bonds is 2. The molecule has 1 spiro atoms. The molecular formula is C20H20F2N2O. The van der Waals surface area contributed by atoms with Crippen molar-refractivity contribution in [1.82, 2.24) is 10.2 Å². The summed E-state index contributed by atoms with van der Waals surface area (Å²) in [6.45, 7) is 2.13. The van der Waals surface area contributed by atoms with Crippen LogP contribution in [0, 0.1) is 17.0 Å². The van der Waals surface area contributed by atoms with E-state index in [-0.39, 0.29) is 5.91 Å². The van der Waals surface area contributed by atoms with Gasteiger partial charge >= 0.3 is 0 Å². The molecule has 2 aliphatic heterocycles. The van der Waals surface area contributed by atoms with Gasteiger partial charge in [0.15, 0.2) is 11.6 Å². The number of carbonyl (C=O) groups is 1. The largest absolute Gasteiger partial charge is 0.351 e. The Morgan fingerprint density at radius 2 is 1.88 bits per heavy atom. The number of fused-ring (bicyclic) bond motifs is 1. The first-order valence-electron chi connectivity index (χ1n) is 8.58. The van der Waals surface area contributed by atoms with Gasteiger partial charge in [-0.3, -0.25) is 9.69 Å². The quantitative estimate of drug-likeness (QED) is 0.910. The lowest BCUT2D eigenvalue weighted by Gasteiger charge is -2.26. The predicted molar refractivity (Wildman–Crippen MR) is 90.7 cm³/mol. The third kappa shape index (κ3) is 2.93. The van der Waals surface area contributed by atoms with Crippen molar-refractivity contribution in [2.75, 3.05) is 13.1 Å². The minimum atomic E-state index is -0.826. The second kappa shape index (κ2) is 6.23. The molecule has 1 atom stereocenters. The Kier molecular flexibility index (Phi) is 4.04. The van der Waals surface area contributed by atoms with E-state index in [2.05, 4.69) is 11.4 Å². The van der Waals surface area contributed by atoms with E-state index < -0.39 is 17.0 Å². The van der Waals surface area contributed by atoms with Crippen molar-refractivity contribution in [3.8, 4) is 0 Å². The average Bonchev–Trinajstić information content (AvgIpc) is 2.95. The van der Waals surface area contributed by atoms with Gasteiger partial charge in [0.1, 0.15) is 0 Å². The van der Waals surface area contributed by atoms with Crippen LogP contribution in [0.3, 0.4) is 0 Å². The standard InChI is InChI=1S/C20H20F2N2O/c21-17-7-3-6-16(18(17)22)12-24-9-8-20(13-24)10-14-4-1-2-5-15(14)11-23-19(20)25/h1-7H,8-13H2,(H,23,25). The number of halogens is 2. The minimum Gasteiger partial charge on any atom is -0.351 e. The fourth-order valence-electron chi connectivity index (χ4n) is 4.04. The third-order valence-electron chi connectivity index (χ3n) is 5.43. The summed E-state index contributed by atoms with van der Waals surface area (Å²) in [5.41, 5.74) is 2.20. The number of benzene rings is 2. The highest BCUT2D eigenvalue weighted by molar-refractivity contribution is 5.84. The topological polar surface area (TPSA) is 32.3 Å². The Morgan fingerprint density at radius 3 is 2.72 bits per heavy atom. The van der Waals surface area contributed by atoms with Crippen LogP contribution in [0.4, 0.5) is 8.78 Å². The first kappa shape index (κ1) is 16.2. The van der Waals surface area contributed by atoms with Gasteiger partial charge in [0.2, 0.25) is 5.91 Å². The molecule has 3 nitrogen and oxygen atoms in total. The number of carbonyl (C=O) groups excluding carboxylic acids is 1. The van der Waals surface area contributed by atoms with Crippen molar-refractivity contribution >= 4 is 5.91 Å². The van der Waals surface area contributed by atoms with Gasteiger partial charge in [-0.05, 0) is 36.6 Å². The highest BCUT2D eigenvalue weighted by Gasteiger charge is 2.45. The second-order valence-electron chi connectivity index (χ2n) is 7.08. The van der Waals surface area contributed by atoms with Crippen molar-refractivity contribution in [3.63, 3.8) is 0 Å². The summed E-state index contributed by atoms with van der Waals surface area (Å²) < 4.78 is 27.4. The minimum absolute atomic E-state index is 0.0610. The summed E-state index contributed by atoms with van der Waals surface area (Å²) in [6, 6.07) is 12.4. The van der Waals surface area contributed by atoms with E-state index in [1.807, 2.05) is 23.1 Å². The maximum absolute atomic E-state index is 13.9. The van der Waals surface area contributed by atoms with Gasteiger partial charge in [0.05, 0.1) is 5.41 Å². The molecule has 0 bridgehead atoms. The molecule has 4 rings (SSSR count). The van der Waals surface area contributed by atoms with Gasteiger partial charge in [-0.25, -0.2) is 8.78 Å². The van der Waals surface area contributed by atoms with Gasteiger partial charge in [-0.15, -0.1) is 0 Å². The number of likely N-dealkylation sites (tertiary alicyclic amines) is 1. The van der Waals surface area contributed by atoms with E-state index in [4.69, 9.17) is 0 Å². The van der Waals surface area contributed by atoms with E-state index in [0.717, 1.165) is 18.1 Å². The van der Waals surface area contributed by atoms with E-state index >= 15 is 0 Å². The van der Waals surface area contributed by atoms with E-state index in [1.54, 1.807) is 6.07 Å². The van der Waals surface area contributed by atoms with Gasteiger partial charge in [0, 0.05) is 25.2 Å². The monoisotopic (exact) mass is 342 g/mol. The Hall–Kier alpha value is -2.27. The molecule has 1 amide bonds. The predicted octanol–water partition coefficient (Wildman–Crippen LogP) is 3.03. The summed E-state index contributed by atoms with van der Waals surface area (Å²) in [7, 11) is 0. The molecule has 1 unspecified atom stereocenters. The van der Waals surface area contributed by atoms with Crippen molar-refractivity contribution in [2.24, 2.45) is 5.41 Å². The van der Waals surface area contributed by atoms with E-state index in [1.165, 1.54) is 11.6 Å². The van der Waals surface area contributed by atoms with Crippen molar-refractivity contribution in [1.29, 1.82) is 0 Å². The number of nitrogens with zero attached hydrogens (tertiary/aromatic N) is 1. The van der Waals surface area contributed by atoms with E-state index in [0.29, 0.717) is 38.2 Å². The first-order chi connectivity index (χ1) is 12.1. The van der Waals surface area contributed by atoms with Crippen LogP contribution in [-0.2, 0) is 24.3 Å². The molecule has 130 valence electrons. The molecule has 1 saturated heterocycles. The molecule has 0 aromatic heterocycles. The second-order valence-corrected chi connectivity index (χ2v) is 7.08. The van der Waals surface area contributed by atoms with Crippen LogP contribution < -0.4 is 5.32 Å². The maximum Gasteiger partial charge on any atom is 0.228 e. The SMILES string of the molecule is O=C1NCc2ccccc2CC12CCN(Cc1cccc(F)c1F)C2. The molecule has 0 aliphatic carbocycles. The third-order valence-corrected chi connectivity index (χ3v) is 5.43. The number of nitrogens with one attached hydrogen (secondary N) is 1. The molecule has 25 heavy (non-hydrogen) atoms. The fraction of sp³-hybridized carbons (Fsp3) is 0.350. The van der Waals surface area contributed by atoms with Crippen LogP contribution in [-0.4, -0.2) is 23.9 Å². The lowest BCUT2D eigenvalue weighted by molar-refractivity contribution is -0.130. The van der Waals surface area contributed by atoms with Gasteiger partial charge in [-0.2, -0.15) is 0 Å². The highest BCUT2D eigenvalue weighted by atomic mass is 19.2. The zero-order valence-electron chi connectivity index (χ0n) is 13.9. The lowest BCUT2D eigenvalue weighted by Crippen LogP contribution is -2.42. The summed E-state index contributed by atoms with van der Waals surface area (Å²) in [5, 5.41) is 3.04. The Balaban J connectivity index is 1.56. The molecule has 2 aromatic carbocycles. The van der Waals surface area contributed by atoms with Crippen LogP contribution >= 0.6 is 0 Å². The first-order valence-corrected chi connectivity index (χ1v) is 8.58. The number of hydrogen-bond donors (Lipinski definition) is 1. The van der Waals surface area contributed by atoms with Gasteiger partial charge in [0.25, 0.3) is 0 Å². The van der Waals surface area contributed by atoms with Crippen LogP contribution in [0.2, 0.25) is 0 Å². The molecule has 0 radical (unpaired) electrons. The van der Waals surface area contributed by atoms with Gasteiger partial charge < -0.3 is 5.32 Å². The molecule has 1 fully saturated rings. The van der Waals surface area contributed by atoms with Crippen LogP contribution in [0.1, 0.15) is 23.1 Å². The Bertz CT molecular complexity index is 823. The summed E-state index contributed by atoms with van der Waals surface area (Å²) in [4.78, 5) is 14.8. The van der Waals surface area contributed by atoms with Crippen LogP contribution in [0.15, 0.2) is 42.5 Å². The average molecular weight is 342 g/mol. The van der Waals surface area contributed by atoms with Crippen LogP contribution in [0.25, 0.3) is 0 Å². The lowest BCUT2D eigenvalue weighted by atomic mass is 9.80. The van der Waals surface area contributed by atoms with Gasteiger partial charge in [-0.1, -0.05) is 36.4 Å². The highest BCUT2D eigenvalue weighted by Crippen LogP contribution is 2.37. The van der Waals surface area contributed by atoms with Crippen LogP contribution in [0.5, 0.6) is 0 Å². The normalized spacial score (nSPS) is 23.4. The van der Waals surface area contributed by atoms with E-state index in [9.17, 15) is 13.6 Å².